The maximum atomic E-state index is 12.0. The van der Waals surface area contributed by atoms with Gasteiger partial charge in [0.1, 0.15) is 11.5 Å². The van der Waals surface area contributed by atoms with Crippen molar-refractivity contribution < 1.29 is 22.7 Å². The molecule has 2 nitrogen and oxygen atoms in total. The minimum Gasteiger partial charge on any atom is -0.406 e. The van der Waals surface area contributed by atoms with Crippen molar-refractivity contribution in [1.29, 1.82) is 0 Å². The third-order valence-electron chi connectivity index (χ3n) is 3.30. The minimum absolute atomic E-state index is 0.0133. The Morgan fingerprint density at radius 1 is 1.28 bits per heavy atom. The molecule has 2 atom stereocenters. The van der Waals surface area contributed by atoms with E-state index in [0.717, 1.165) is 12.0 Å². The molecule has 18 heavy (non-hydrogen) atoms. The average molecular weight is 258 g/mol. The fraction of sp³-hybridized carbons (Fsp3) is 0.462. The fourth-order valence-corrected chi connectivity index (χ4v) is 2.35. The van der Waals surface area contributed by atoms with Crippen LogP contribution in [0.4, 0.5) is 13.2 Å². The van der Waals surface area contributed by atoms with E-state index in [-0.39, 0.29) is 23.4 Å². The third-order valence-corrected chi connectivity index (χ3v) is 3.30. The molecule has 1 aliphatic rings. The smallest absolute Gasteiger partial charge is 0.406 e. The Bertz CT molecular complexity index is 437. The number of hydrogen-bond donors (Lipinski definition) is 0. The molecule has 0 radical (unpaired) electrons. The second kappa shape index (κ2) is 4.63. The van der Waals surface area contributed by atoms with Gasteiger partial charge in [-0.25, -0.2) is 0 Å². The number of ketones is 1. The van der Waals surface area contributed by atoms with Crippen LogP contribution in [0.1, 0.15) is 31.2 Å². The number of benzene rings is 1. The van der Waals surface area contributed by atoms with Crippen LogP contribution in [-0.2, 0) is 4.79 Å². The Balaban J connectivity index is 2.07. The molecular formula is C13H13F3O2. The predicted molar refractivity (Wildman–Crippen MR) is 59.3 cm³/mol. The molecule has 1 fully saturated rings. The van der Waals surface area contributed by atoms with Gasteiger partial charge >= 0.3 is 6.36 Å². The van der Waals surface area contributed by atoms with E-state index in [0.29, 0.717) is 6.42 Å². The number of rotatable bonds is 3. The zero-order chi connectivity index (χ0) is 13.3. The molecule has 98 valence electrons. The van der Waals surface area contributed by atoms with Crippen molar-refractivity contribution in [1.82, 2.24) is 0 Å². The van der Waals surface area contributed by atoms with Crippen molar-refractivity contribution in [2.45, 2.75) is 32.0 Å². The van der Waals surface area contributed by atoms with E-state index in [1.807, 2.05) is 6.92 Å². The van der Waals surface area contributed by atoms with E-state index < -0.39 is 6.36 Å². The Morgan fingerprint density at radius 2 is 1.89 bits per heavy atom. The minimum atomic E-state index is -4.67. The first-order chi connectivity index (χ1) is 8.40. The van der Waals surface area contributed by atoms with Gasteiger partial charge in [0.15, 0.2) is 0 Å². The predicted octanol–water partition coefficient (Wildman–Crippen LogP) is 3.67. The topological polar surface area (TPSA) is 26.3 Å². The number of carbonyl (C=O) groups excluding carboxylic acids is 1. The highest BCUT2D eigenvalue weighted by molar-refractivity contribution is 5.89. The lowest BCUT2D eigenvalue weighted by molar-refractivity contribution is -0.274. The van der Waals surface area contributed by atoms with Crippen molar-refractivity contribution >= 4 is 5.78 Å². The Kier molecular flexibility index (Phi) is 3.32. The van der Waals surface area contributed by atoms with E-state index in [9.17, 15) is 18.0 Å². The maximum absolute atomic E-state index is 12.0. The number of carbonyl (C=O) groups is 1. The van der Waals surface area contributed by atoms with E-state index in [2.05, 4.69) is 4.74 Å². The highest BCUT2D eigenvalue weighted by Gasteiger charge is 2.39. The van der Waals surface area contributed by atoms with Gasteiger partial charge in [-0.3, -0.25) is 4.79 Å². The number of ether oxygens (including phenoxy) is 1. The third kappa shape index (κ3) is 2.66. The summed E-state index contributed by atoms with van der Waals surface area (Å²) in [4.78, 5) is 11.3. The summed E-state index contributed by atoms with van der Waals surface area (Å²) >= 11 is 0. The highest BCUT2D eigenvalue weighted by atomic mass is 19.4. The van der Waals surface area contributed by atoms with Gasteiger partial charge in [-0.2, -0.15) is 0 Å². The van der Waals surface area contributed by atoms with Gasteiger partial charge < -0.3 is 4.74 Å². The van der Waals surface area contributed by atoms with Crippen molar-refractivity contribution in [3.8, 4) is 5.75 Å². The average Bonchev–Trinajstić information content (AvgIpc) is 2.25. The lowest BCUT2D eigenvalue weighted by Crippen LogP contribution is -2.34. The standard InChI is InChI=1S/C13H13F3O2/c1-2-10-11(7-12(10)17)8-3-5-9(6-4-8)18-13(14,15)16/h3-6,10-11H,2,7H2,1H3. The molecule has 0 bridgehead atoms. The molecule has 1 saturated carbocycles. The summed E-state index contributed by atoms with van der Waals surface area (Å²) in [6.45, 7) is 1.94. The van der Waals surface area contributed by atoms with Crippen molar-refractivity contribution in [2.24, 2.45) is 5.92 Å². The SMILES string of the molecule is CCC1C(=O)CC1c1ccc(OC(F)(F)F)cc1. The van der Waals surface area contributed by atoms with Crippen LogP contribution in [0.2, 0.25) is 0 Å². The number of alkyl halides is 3. The molecule has 0 heterocycles. The molecule has 5 heteroatoms. The van der Waals surface area contributed by atoms with Gasteiger partial charge in [0, 0.05) is 18.3 Å². The number of halogens is 3. The molecule has 0 saturated heterocycles. The first-order valence-corrected chi connectivity index (χ1v) is 5.79. The molecule has 1 aromatic rings. The van der Waals surface area contributed by atoms with Gasteiger partial charge in [0.05, 0.1) is 0 Å². The van der Waals surface area contributed by atoms with Crippen molar-refractivity contribution in [3.63, 3.8) is 0 Å². The molecule has 0 spiro atoms. The molecule has 1 aromatic carbocycles. The lowest BCUT2D eigenvalue weighted by Gasteiger charge is -2.34. The van der Waals surface area contributed by atoms with Gasteiger partial charge in [0.2, 0.25) is 0 Å². The normalized spacial score (nSPS) is 23.7. The summed E-state index contributed by atoms with van der Waals surface area (Å²) in [5.41, 5.74) is 0.899. The summed E-state index contributed by atoms with van der Waals surface area (Å²) in [5, 5.41) is 0. The van der Waals surface area contributed by atoms with Crippen LogP contribution >= 0.6 is 0 Å². The van der Waals surface area contributed by atoms with E-state index in [1.165, 1.54) is 12.1 Å². The molecule has 1 aliphatic carbocycles. The second-order valence-corrected chi connectivity index (χ2v) is 4.41. The summed E-state index contributed by atoms with van der Waals surface area (Å²) < 4.78 is 39.7. The maximum Gasteiger partial charge on any atom is 0.573 e. The summed E-state index contributed by atoms with van der Waals surface area (Å²) in [6.07, 6.45) is -3.41. The first kappa shape index (κ1) is 12.9. The Morgan fingerprint density at radius 3 is 2.33 bits per heavy atom. The molecular weight excluding hydrogens is 245 g/mol. The van der Waals surface area contributed by atoms with Gasteiger partial charge in [-0.1, -0.05) is 19.1 Å². The van der Waals surface area contributed by atoms with E-state index in [1.54, 1.807) is 12.1 Å². The second-order valence-electron chi connectivity index (χ2n) is 4.41. The van der Waals surface area contributed by atoms with Crippen LogP contribution in [0.3, 0.4) is 0 Å². The first-order valence-electron chi connectivity index (χ1n) is 5.79. The monoisotopic (exact) mass is 258 g/mol. The van der Waals surface area contributed by atoms with E-state index in [4.69, 9.17) is 0 Å². The van der Waals surface area contributed by atoms with Crippen LogP contribution in [0, 0.1) is 5.92 Å². The lowest BCUT2D eigenvalue weighted by atomic mass is 9.68. The largest absolute Gasteiger partial charge is 0.573 e. The zero-order valence-electron chi connectivity index (χ0n) is 9.83. The molecule has 0 amide bonds. The summed E-state index contributed by atoms with van der Waals surface area (Å²) in [6, 6.07) is 5.78. The quantitative estimate of drug-likeness (QED) is 0.826. The highest BCUT2D eigenvalue weighted by Crippen LogP contribution is 2.41. The van der Waals surface area contributed by atoms with Crippen molar-refractivity contribution in [2.75, 3.05) is 0 Å². The number of hydrogen-bond acceptors (Lipinski definition) is 2. The van der Waals surface area contributed by atoms with Crippen LogP contribution in [0.15, 0.2) is 24.3 Å². The van der Waals surface area contributed by atoms with Gasteiger partial charge in [0.25, 0.3) is 0 Å². The molecule has 2 unspecified atom stereocenters. The molecule has 0 aromatic heterocycles. The number of Topliss-reactive ketones (excluding diaryl/α,β-unsaturated/α-hetero) is 1. The van der Waals surface area contributed by atoms with Crippen molar-refractivity contribution in [3.05, 3.63) is 29.8 Å². The summed E-state index contributed by atoms with van der Waals surface area (Å²) in [7, 11) is 0. The van der Waals surface area contributed by atoms with Crippen LogP contribution in [-0.4, -0.2) is 12.1 Å². The fourth-order valence-electron chi connectivity index (χ4n) is 2.35. The van der Waals surface area contributed by atoms with Gasteiger partial charge in [-0.15, -0.1) is 13.2 Å². The van der Waals surface area contributed by atoms with Crippen LogP contribution in [0.5, 0.6) is 5.75 Å². The molecule has 0 aliphatic heterocycles. The molecule has 2 rings (SSSR count). The zero-order valence-corrected chi connectivity index (χ0v) is 9.83. The van der Waals surface area contributed by atoms with Crippen LogP contribution in [0.25, 0.3) is 0 Å². The Labute approximate surface area is 103 Å². The Hall–Kier alpha value is -1.52. The van der Waals surface area contributed by atoms with E-state index >= 15 is 0 Å². The summed E-state index contributed by atoms with van der Waals surface area (Å²) in [5.74, 6) is 0.157. The molecule has 0 N–H and O–H groups in total. The van der Waals surface area contributed by atoms with Gasteiger partial charge in [-0.05, 0) is 24.1 Å². The van der Waals surface area contributed by atoms with Crippen LogP contribution < -0.4 is 4.74 Å².